The summed E-state index contributed by atoms with van der Waals surface area (Å²) in [5.41, 5.74) is -1.06. The summed E-state index contributed by atoms with van der Waals surface area (Å²) >= 11 is 0. The molecule has 8 heteroatoms. The average Bonchev–Trinajstić information content (AvgIpc) is 3.19. The summed E-state index contributed by atoms with van der Waals surface area (Å²) in [6.45, 7) is 0.481. The van der Waals surface area contributed by atoms with E-state index in [4.69, 9.17) is 14.6 Å². The third-order valence-corrected chi connectivity index (χ3v) is 2.47. The van der Waals surface area contributed by atoms with Gasteiger partial charge in [-0.15, -0.1) is 0 Å². The minimum Gasteiger partial charge on any atom is -0.478 e. The smallest absolute Gasteiger partial charge is 0.339 e. The van der Waals surface area contributed by atoms with Crippen molar-refractivity contribution in [1.29, 1.82) is 0 Å². The van der Waals surface area contributed by atoms with Gasteiger partial charge in [0, 0.05) is 12.1 Å². The Morgan fingerprint density at radius 1 is 1.47 bits per heavy atom. The summed E-state index contributed by atoms with van der Waals surface area (Å²) < 4.78 is 9.66. The van der Waals surface area contributed by atoms with Crippen LogP contribution in [-0.4, -0.2) is 41.3 Å². The predicted molar refractivity (Wildman–Crippen MR) is 60.1 cm³/mol. The zero-order valence-corrected chi connectivity index (χ0v) is 9.57. The molecule has 1 N–H and O–H groups in total. The van der Waals surface area contributed by atoms with Crippen molar-refractivity contribution in [3.8, 4) is 0 Å². The van der Waals surface area contributed by atoms with Gasteiger partial charge in [0.2, 0.25) is 0 Å². The molecule has 8 nitrogen and oxygen atoms in total. The number of nitro benzene ring substituents is 1. The van der Waals surface area contributed by atoms with E-state index in [9.17, 15) is 19.7 Å². The molecule has 1 aromatic rings. The molecule has 1 aliphatic heterocycles. The number of nitrogens with zero attached hydrogens (tertiary/aromatic N) is 1. The van der Waals surface area contributed by atoms with Crippen LogP contribution in [-0.2, 0) is 9.47 Å². The normalized spacial score (nSPS) is 16.7. The Morgan fingerprint density at radius 3 is 2.68 bits per heavy atom. The maximum atomic E-state index is 11.7. The van der Waals surface area contributed by atoms with Crippen LogP contribution in [0.4, 0.5) is 5.69 Å². The predicted octanol–water partition coefficient (Wildman–Crippen LogP) is 0.849. The molecule has 1 atom stereocenters. The Labute approximate surface area is 106 Å². The second-order valence-electron chi connectivity index (χ2n) is 3.85. The number of carboxylic acids is 1. The third-order valence-electron chi connectivity index (χ3n) is 2.47. The van der Waals surface area contributed by atoms with Crippen LogP contribution in [0.25, 0.3) is 0 Å². The van der Waals surface area contributed by atoms with Gasteiger partial charge in [-0.25, -0.2) is 9.59 Å². The Kier molecular flexibility index (Phi) is 3.43. The number of hydrogen-bond donors (Lipinski definition) is 1. The molecule has 0 bridgehead atoms. The molecule has 0 aliphatic carbocycles. The van der Waals surface area contributed by atoms with Crippen molar-refractivity contribution >= 4 is 17.6 Å². The van der Waals surface area contributed by atoms with E-state index in [0.717, 1.165) is 18.2 Å². The Hall–Kier alpha value is -2.48. The van der Waals surface area contributed by atoms with Gasteiger partial charge in [-0.2, -0.15) is 0 Å². The zero-order valence-electron chi connectivity index (χ0n) is 9.57. The quantitative estimate of drug-likeness (QED) is 0.363. The number of carboxylic acid groups (broad SMARTS) is 1. The molecule has 0 spiro atoms. The molecular formula is C11H9NO7. The van der Waals surface area contributed by atoms with E-state index in [2.05, 4.69) is 0 Å². The van der Waals surface area contributed by atoms with Crippen LogP contribution in [0.2, 0.25) is 0 Å². The Morgan fingerprint density at radius 2 is 2.16 bits per heavy atom. The van der Waals surface area contributed by atoms with Crippen LogP contribution in [0.15, 0.2) is 18.2 Å². The number of aromatic carboxylic acids is 1. The summed E-state index contributed by atoms with van der Waals surface area (Å²) in [6.07, 6.45) is -0.170. The van der Waals surface area contributed by atoms with Crippen molar-refractivity contribution in [3.63, 3.8) is 0 Å². The number of esters is 1. The number of non-ortho nitro benzene ring substituents is 1. The van der Waals surface area contributed by atoms with E-state index < -0.39 is 16.9 Å². The third kappa shape index (κ3) is 3.05. The molecule has 1 saturated heterocycles. The minimum atomic E-state index is -1.36. The summed E-state index contributed by atoms with van der Waals surface area (Å²) in [7, 11) is 0. The summed E-state index contributed by atoms with van der Waals surface area (Å²) in [4.78, 5) is 32.6. The maximum absolute atomic E-state index is 11.7. The second-order valence-corrected chi connectivity index (χ2v) is 3.85. The molecule has 1 heterocycles. The SMILES string of the molecule is O=C(O)c1ccc([N+](=O)[O-])cc1C(=O)OCC1CO1. The molecule has 2 rings (SSSR count). The lowest BCUT2D eigenvalue weighted by Gasteiger charge is -2.06. The largest absolute Gasteiger partial charge is 0.478 e. The van der Waals surface area contributed by atoms with Gasteiger partial charge < -0.3 is 14.6 Å². The maximum Gasteiger partial charge on any atom is 0.339 e. The molecule has 1 aromatic carbocycles. The van der Waals surface area contributed by atoms with Gasteiger partial charge in [0.05, 0.1) is 22.7 Å². The number of benzene rings is 1. The first-order valence-corrected chi connectivity index (χ1v) is 5.29. The summed E-state index contributed by atoms with van der Waals surface area (Å²) in [5.74, 6) is -2.28. The van der Waals surface area contributed by atoms with Crippen molar-refractivity contribution in [2.45, 2.75) is 6.10 Å². The van der Waals surface area contributed by atoms with E-state index in [0.29, 0.717) is 6.61 Å². The average molecular weight is 267 g/mol. The van der Waals surface area contributed by atoms with Crippen LogP contribution in [0.3, 0.4) is 0 Å². The van der Waals surface area contributed by atoms with Gasteiger partial charge in [0.15, 0.2) is 0 Å². The van der Waals surface area contributed by atoms with E-state index in [-0.39, 0.29) is 29.5 Å². The summed E-state index contributed by atoms with van der Waals surface area (Å²) in [6, 6.07) is 2.91. The number of rotatable bonds is 5. The van der Waals surface area contributed by atoms with E-state index in [1.807, 2.05) is 0 Å². The van der Waals surface area contributed by atoms with E-state index >= 15 is 0 Å². The van der Waals surface area contributed by atoms with E-state index in [1.54, 1.807) is 0 Å². The van der Waals surface area contributed by atoms with Crippen LogP contribution in [0.1, 0.15) is 20.7 Å². The molecule has 0 amide bonds. The zero-order chi connectivity index (χ0) is 14.0. The highest BCUT2D eigenvalue weighted by Crippen LogP contribution is 2.20. The molecule has 0 radical (unpaired) electrons. The lowest BCUT2D eigenvalue weighted by Crippen LogP contribution is -2.14. The van der Waals surface area contributed by atoms with E-state index in [1.165, 1.54) is 0 Å². The molecular weight excluding hydrogens is 258 g/mol. The molecule has 0 saturated carbocycles. The highest BCUT2D eigenvalue weighted by Gasteiger charge is 2.27. The molecule has 100 valence electrons. The monoisotopic (exact) mass is 267 g/mol. The van der Waals surface area contributed by atoms with Crippen molar-refractivity contribution < 1.29 is 29.1 Å². The first-order chi connectivity index (χ1) is 8.99. The van der Waals surface area contributed by atoms with Gasteiger partial charge in [-0.3, -0.25) is 10.1 Å². The Bertz CT molecular complexity index is 550. The summed E-state index contributed by atoms with van der Waals surface area (Å²) in [5, 5.41) is 19.6. The number of carbonyl (C=O) groups excluding carboxylic acids is 1. The number of nitro groups is 1. The van der Waals surface area contributed by atoms with Crippen molar-refractivity contribution in [1.82, 2.24) is 0 Å². The molecule has 19 heavy (non-hydrogen) atoms. The van der Waals surface area contributed by atoms with Gasteiger partial charge >= 0.3 is 11.9 Å². The van der Waals surface area contributed by atoms with Gasteiger partial charge in [0.1, 0.15) is 12.7 Å². The molecule has 1 fully saturated rings. The fourth-order valence-electron chi connectivity index (χ4n) is 1.41. The van der Waals surface area contributed by atoms with Crippen molar-refractivity contribution in [2.75, 3.05) is 13.2 Å². The molecule has 1 aliphatic rings. The van der Waals surface area contributed by atoms with Crippen LogP contribution < -0.4 is 0 Å². The fraction of sp³-hybridized carbons (Fsp3) is 0.273. The highest BCUT2D eigenvalue weighted by atomic mass is 16.6. The van der Waals surface area contributed by atoms with Crippen LogP contribution in [0.5, 0.6) is 0 Å². The lowest BCUT2D eigenvalue weighted by atomic mass is 10.1. The molecule has 0 aromatic heterocycles. The van der Waals surface area contributed by atoms with Crippen molar-refractivity contribution in [3.05, 3.63) is 39.4 Å². The first-order valence-electron chi connectivity index (χ1n) is 5.29. The number of carbonyl (C=O) groups is 2. The Balaban J connectivity index is 2.27. The fourth-order valence-corrected chi connectivity index (χ4v) is 1.41. The van der Waals surface area contributed by atoms with Crippen LogP contribution >= 0.6 is 0 Å². The second kappa shape index (κ2) is 5.02. The van der Waals surface area contributed by atoms with Gasteiger partial charge in [0.25, 0.3) is 5.69 Å². The topological polar surface area (TPSA) is 119 Å². The minimum absolute atomic E-state index is 0.000580. The highest BCUT2D eigenvalue weighted by molar-refractivity contribution is 6.03. The lowest BCUT2D eigenvalue weighted by molar-refractivity contribution is -0.384. The first kappa shape index (κ1) is 13.0. The standard InChI is InChI=1S/C11H9NO7/c13-10(14)8-2-1-6(12(16)17)3-9(8)11(15)19-5-7-4-18-7/h1-3,7H,4-5H2,(H,13,14). The number of epoxide rings is 1. The number of ether oxygens (including phenoxy) is 2. The van der Waals surface area contributed by atoms with Gasteiger partial charge in [-0.1, -0.05) is 0 Å². The molecule has 1 unspecified atom stereocenters. The van der Waals surface area contributed by atoms with Crippen LogP contribution in [0, 0.1) is 10.1 Å². The number of hydrogen-bond acceptors (Lipinski definition) is 6. The van der Waals surface area contributed by atoms with Crippen molar-refractivity contribution in [2.24, 2.45) is 0 Å². The van der Waals surface area contributed by atoms with Gasteiger partial charge in [-0.05, 0) is 6.07 Å².